The molecule has 4 heterocycles. The van der Waals surface area contributed by atoms with Crippen LogP contribution in [0.2, 0.25) is 0 Å². The molecule has 0 spiro atoms. The van der Waals surface area contributed by atoms with Crippen LogP contribution in [0.25, 0.3) is 20.4 Å². The highest BCUT2D eigenvalue weighted by molar-refractivity contribution is 7.99. The Morgan fingerprint density at radius 2 is 2.09 bits per heavy atom. The molecule has 34 heavy (non-hydrogen) atoms. The van der Waals surface area contributed by atoms with E-state index in [4.69, 9.17) is 9.72 Å². The maximum Gasteiger partial charge on any atom is 0.272 e. The Balaban J connectivity index is 1.46. The number of rotatable bonds is 6. The first-order valence-corrected chi connectivity index (χ1v) is 13.1. The Labute approximate surface area is 205 Å². The van der Waals surface area contributed by atoms with Gasteiger partial charge in [0.25, 0.3) is 5.56 Å². The quantitative estimate of drug-likeness (QED) is 0.305. The van der Waals surface area contributed by atoms with Crippen molar-refractivity contribution in [3.05, 3.63) is 57.5 Å². The number of hydrogen-bond acceptors (Lipinski definition) is 7. The highest BCUT2D eigenvalue weighted by Crippen LogP contribution is 2.31. The third-order valence-electron chi connectivity index (χ3n) is 6.00. The lowest BCUT2D eigenvalue weighted by Gasteiger charge is -2.16. The van der Waals surface area contributed by atoms with Gasteiger partial charge in [0.15, 0.2) is 5.16 Å². The standard InChI is InChI=1S/C25H26N4O3S2/c1-14-10-15(2)20(16(3)11-14)27-19(30)13-33-25-28-21-18-7-4-8-26-23(18)34-22(21)24(31)29(25)12-17-6-5-9-32-17/h4,7-8,10-11,17H,5-6,9,12-13H2,1-3H3,(H,27,30)/t17-/m1/s1. The minimum absolute atomic E-state index is 0.0181. The maximum atomic E-state index is 13.5. The van der Waals surface area contributed by atoms with Gasteiger partial charge in [0.2, 0.25) is 5.91 Å². The summed E-state index contributed by atoms with van der Waals surface area (Å²) in [5, 5.41) is 4.43. The molecule has 3 aromatic heterocycles. The van der Waals surface area contributed by atoms with Gasteiger partial charge in [0.1, 0.15) is 9.53 Å². The van der Waals surface area contributed by atoms with Gasteiger partial charge < -0.3 is 10.1 Å². The minimum atomic E-state index is -0.130. The zero-order chi connectivity index (χ0) is 23.8. The van der Waals surface area contributed by atoms with Crippen LogP contribution in [0.15, 0.2) is 40.4 Å². The second-order valence-electron chi connectivity index (χ2n) is 8.69. The number of nitrogens with one attached hydrogen (secondary N) is 1. The van der Waals surface area contributed by atoms with Gasteiger partial charge in [-0.2, -0.15) is 0 Å². The van der Waals surface area contributed by atoms with E-state index in [1.807, 2.05) is 32.9 Å². The van der Waals surface area contributed by atoms with Crippen molar-refractivity contribution in [3.63, 3.8) is 0 Å². The number of carbonyl (C=O) groups excluding carboxylic acids is 1. The molecule has 0 unspecified atom stereocenters. The summed E-state index contributed by atoms with van der Waals surface area (Å²) in [6, 6.07) is 7.89. The number of fused-ring (bicyclic) bond motifs is 3. The Bertz CT molecular complexity index is 1430. The van der Waals surface area contributed by atoms with Crippen LogP contribution in [0.1, 0.15) is 29.5 Å². The SMILES string of the molecule is Cc1cc(C)c(NC(=O)CSc2nc3c(sc4ncccc43)c(=O)n2C[C@H]2CCCO2)c(C)c1. The van der Waals surface area contributed by atoms with Crippen LogP contribution >= 0.6 is 23.1 Å². The lowest BCUT2D eigenvalue weighted by atomic mass is 10.1. The smallest absolute Gasteiger partial charge is 0.272 e. The van der Waals surface area contributed by atoms with E-state index in [0.717, 1.165) is 45.4 Å². The van der Waals surface area contributed by atoms with Crippen molar-refractivity contribution in [1.29, 1.82) is 0 Å². The predicted molar refractivity (Wildman–Crippen MR) is 138 cm³/mol. The molecule has 5 rings (SSSR count). The third-order valence-corrected chi connectivity index (χ3v) is 8.07. The monoisotopic (exact) mass is 494 g/mol. The van der Waals surface area contributed by atoms with Crippen LogP contribution in [0.5, 0.6) is 0 Å². The molecule has 4 aromatic rings. The molecular formula is C25H26N4O3S2. The van der Waals surface area contributed by atoms with Gasteiger partial charge in [-0.15, -0.1) is 11.3 Å². The van der Waals surface area contributed by atoms with E-state index in [0.29, 0.717) is 28.5 Å². The fourth-order valence-electron chi connectivity index (χ4n) is 4.49. The predicted octanol–water partition coefficient (Wildman–Crippen LogP) is 4.84. The first-order chi connectivity index (χ1) is 16.4. The molecule has 0 bridgehead atoms. The molecule has 7 nitrogen and oxygen atoms in total. The van der Waals surface area contributed by atoms with Crippen LogP contribution in [-0.4, -0.2) is 38.9 Å². The van der Waals surface area contributed by atoms with E-state index in [2.05, 4.69) is 22.4 Å². The van der Waals surface area contributed by atoms with Crippen LogP contribution in [-0.2, 0) is 16.1 Å². The van der Waals surface area contributed by atoms with E-state index in [1.54, 1.807) is 10.8 Å². The number of nitrogens with zero attached hydrogens (tertiary/aromatic N) is 3. The molecule has 176 valence electrons. The van der Waals surface area contributed by atoms with Gasteiger partial charge in [0.05, 0.1) is 23.9 Å². The number of hydrogen-bond donors (Lipinski definition) is 1. The van der Waals surface area contributed by atoms with Crippen molar-refractivity contribution in [2.75, 3.05) is 17.7 Å². The number of aromatic nitrogens is 3. The summed E-state index contributed by atoms with van der Waals surface area (Å²) in [4.78, 5) is 36.4. The van der Waals surface area contributed by atoms with Gasteiger partial charge in [-0.3, -0.25) is 14.2 Å². The highest BCUT2D eigenvalue weighted by Gasteiger charge is 2.22. The fourth-order valence-corrected chi connectivity index (χ4v) is 6.32. The summed E-state index contributed by atoms with van der Waals surface area (Å²) >= 11 is 2.65. The van der Waals surface area contributed by atoms with E-state index in [1.165, 1.54) is 23.1 Å². The summed E-state index contributed by atoms with van der Waals surface area (Å²) in [6.45, 7) is 7.17. The van der Waals surface area contributed by atoms with Gasteiger partial charge in [-0.25, -0.2) is 9.97 Å². The van der Waals surface area contributed by atoms with E-state index in [-0.39, 0.29) is 23.3 Å². The Morgan fingerprint density at radius 3 is 2.82 bits per heavy atom. The lowest BCUT2D eigenvalue weighted by Crippen LogP contribution is -2.28. The van der Waals surface area contributed by atoms with Crippen molar-refractivity contribution in [1.82, 2.24) is 14.5 Å². The van der Waals surface area contributed by atoms with E-state index in [9.17, 15) is 9.59 Å². The Kier molecular flexibility index (Phi) is 6.42. The summed E-state index contributed by atoms with van der Waals surface area (Å²) < 4.78 is 8.06. The van der Waals surface area contributed by atoms with Crippen molar-refractivity contribution in [2.45, 2.75) is 51.4 Å². The zero-order valence-corrected chi connectivity index (χ0v) is 21.0. The number of carbonyl (C=O) groups is 1. The van der Waals surface area contributed by atoms with Gasteiger partial charge in [0, 0.05) is 23.9 Å². The van der Waals surface area contributed by atoms with Crippen molar-refractivity contribution >= 4 is 55.1 Å². The molecule has 1 N–H and O–H groups in total. The number of thioether (sulfide) groups is 1. The Hall–Kier alpha value is -2.75. The summed E-state index contributed by atoms with van der Waals surface area (Å²) in [7, 11) is 0. The molecular weight excluding hydrogens is 468 g/mol. The average molecular weight is 495 g/mol. The van der Waals surface area contributed by atoms with Gasteiger partial charge in [-0.05, 0) is 56.9 Å². The number of anilines is 1. The van der Waals surface area contributed by atoms with Crippen molar-refractivity contribution in [3.8, 4) is 0 Å². The normalized spacial score (nSPS) is 15.9. The second kappa shape index (κ2) is 9.48. The van der Waals surface area contributed by atoms with Crippen LogP contribution in [0.3, 0.4) is 0 Å². The number of benzene rings is 1. The number of aryl methyl sites for hydroxylation is 3. The third kappa shape index (κ3) is 4.47. The number of pyridine rings is 1. The number of amides is 1. The molecule has 0 radical (unpaired) electrons. The Morgan fingerprint density at radius 1 is 1.29 bits per heavy atom. The summed E-state index contributed by atoms with van der Waals surface area (Å²) in [5.41, 5.74) is 4.61. The highest BCUT2D eigenvalue weighted by atomic mass is 32.2. The van der Waals surface area contributed by atoms with Crippen molar-refractivity contribution in [2.24, 2.45) is 0 Å². The van der Waals surface area contributed by atoms with Gasteiger partial charge >= 0.3 is 0 Å². The molecule has 1 saturated heterocycles. The fraction of sp³-hybridized carbons (Fsp3) is 0.360. The van der Waals surface area contributed by atoms with Crippen LogP contribution < -0.4 is 10.9 Å². The summed E-state index contributed by atoms with van der Waals surface area (Å²) in [6.07, 6.45) is 3.60. The molecule has 0 saturated carbocycles. The molecule has 9 heteroatoms. The molecule has 1 fully saturated rings. The lowest BCUT2D eigenvalue weighted by molar-refractivity contribution is -0.113. The molecule has 1 aliphatic heterocycles. The second-order valence-corrected chi connectivity index (χ2v) is 10.6. The van der Waals surface area contributed by atoms with E-state index < -0.39 is 0 Å². The number of thiophene rings is 1. The van der Waals surface area contributed by atoms with E-state index >= 15 is 0 Å². The largest absolute Gasteiger partial charge is 0.376 e. The molecule has 1 atom stereocenters. The first kappa shape index (κ1) is 23.0. The molecule has 1 aliphatic rings. The molecule has 1 aromatic carbocycles. The summed E-state index contributed by atoms with van der Waals surface area (Å²) in [5.74, 6) is 0.0196. The number of ether oxygens (including phenoxy) is 1. The van der Waals surface area contributed by atoms with Crippen LogP contribution in [0, 0.1) is 20.8 Å². The minimum Gasteiger partial charge on any atom is -0.376 e. The molecule has 0 aliphatic carbocycles. The maximum absolute atomic E-state index is 13.5. The average Bonchev–Trinajstić information content (AvgIpc) is 3.45. The molecule has 1 amide bonds. The van der Waals surface area contributed by atoms with Gasteiger partial charge in [-0.1, -0.05) is 29.5 Å². The first-order valence-electron chi connectivity index (χ1n) is 11.3. The van der Waals surface area contributed by atoms with Crippen molar-refractivity contribution < 1.29 is 9.53 Å². The zero-order valence-electron chi connectivity index (χ0n) is 19.4. The van der Waals surface area contributed by atoms with Crippen LogP contribution in [0.4, 0.5) is 5.69 Å². The topological polar surface area (TPSA) is 86.1 Å².